The van der Waals surface area contributed by atoms with E-state index in [1.54, 1.807) is 33.4 Å². The van der Waals surface area contributed by atoms with Crippen LogP contribution < -0.4 is 9.30 Å². The zero-order chi connectivity index (χ0) is 52.1. The van der Waals surface area contributed by atoms with E-state index in [0.29, 0.717) is 40.1 Å². The summed E-state index contributed by atoms with van der Waals surface area (Å²) in [6.45, 7) is 15.2. The second-order valence-corrected chi connectivity index (χ2v) is 17.3. The van der Waals surface area contributed by atoms with Gasteiger partial charge < -0.3 is 13.9 Å². The molecule has 0 aliphatic rings. The average Bonchev–Trinajstić information content (AvgIpc) is 3.92. The number of aryl methyl sites for hydroxylation is 1. The number of imidazole rings is 1. The van der Waals surface area contributed by atoms with Crippen molar-refractivity contribution in [3.63, 3.8) is 0 Å². The Kier molecular flexibility index (Phi) is 8.64. The van der Waals surface area contributed by atoms with Crippen LogP contribution in [0.4, 0.5) is 0 Å². The van der Waals surface area contributed by atoms with Crippen molar-refractivity contribution in [1.82, 2.24) is 14.1 Å². The fourth-order valence-electron chi connectivity index (χ4n) is 8.28. The number of pyridine rings is 1. The number of benzene rings is 7. The van der Waals surface area contributed by atoms with Gasteiger partial charge in [-0.2, -0.15) is 18.2 Å². The summed E-state index contributed by atoms with van der Waals surface area (Å²) < 4.78 is 99.6. The van der Waals surface area contributed by atoms with Gasteiger partial charge in [-0.15, -0.1) is 29.7 Å². The SMILES string of the molecule is [2H]c1c([2H])c([2H])c(-c2cccc(-c3c([2H])c([2H])c([2H])c([2H])c3[2H])c2-[n+]2[c-]n(-c3[c-]c(Oc4[c-]c5c(cc4)c4cc(C(C)(C)C)ccc4n5-c4cc(C(C)C(C)C)ccn4)ccc3)c3cccc(C)c32)c([2H])c1[2H].[Pt]. The molecule has 7 aromatic carbocycles. The fourth-order valence-corrected chi connectivity index (χ4v) is 8.28. The number of hydrogen-bond acceptors (Lipinski definition) is 2. The van der Waals surface area contributed by atoms with Gasteiger partial charge in [-0.25, -0.2) is 4.98 Å². The molecule has 0 aliphatic heterocycles. The van der Waals surface area contributed by atoms with Crippen LogP contribution in [0.1, 0.15) is 77.9 Å². The quantitative estimate of drug-likeness (QED) is 0.107. The van der Waals surface area contributed by atoms with Gasteiger partial charge in [0.05, 0.1) is 30.4 Å². The van der Waals surface area contributed by atoms with Crippen LogP contribution in [-0.4, -0.2) is 14.1 Å². The second kappa shape index (κ2) is 17.2. The van der Waals surface area contributed by atoms with Gasteiger partial charge in [0.2, 0.25) is 0 Å². The molecule has 10 aromatic rings. The maximum Gasteiger partial charge on any atom is 0.268 e. The largest absolute Gasteiger partial charge is 0.510 e. The molecular formula is C58H50N4OPt-2. The van der Waals surface area contributed by atoms with Crippen molar-refractivity contribution in [2.75, 3.05) is 0 Å². The zero-order valence-electron chi connectivity index (χ0n) is 46.5. The number of fused-ring (bicyclic) bond motifs is 4. The van der Waals surface area contributed by atoms with Gasteiger partial charge in [0.25, 0.3) is 6.33 Å². The minimum Gasteiger partial charge on any atom is -0.510 e. The zero-order valence-corrected chi connectivity index (χ0v) is 38.8. The van der Waals surface area contributed by atoms with Gasteiger partial charge in [0.15, 0.2) is 0 Å². The van der Waals surface area contributed by atoms with Crippen LogP contribution in [-0.2, 0) is 26.5 Å². The molecule has 5 nitrogen and oxygen atoms in total. The van der Waals surface area contributed by atoms with E-state index in [4.69, 9.17) is 23.4 Å². The van der Waals surface area contributed by atoms with Crippen LogP contribution in [0.2, 0.25) is 0 Å². The number of hydrogen-bond donors (Lipinski definition) is 0. The van der Waals surface area contributed by atoms with E-state index >= 15 is 0 Å². The van der Waals surface area contributed by atoms with Gasteiger partial charge in [0.1, 0.15) is 5.82 Å². The van der Waals surface area contributed by atoms with Crippen molar-refractivity contribution < 1.29 is 44.1 Å². The molecule has 3 heterocycles. The molecule has 0 saturated carbocycles. The van der Waals surface area contributed by atoms with Crippen molar-refractivity contribution in [3.8, 4) is 50.9 Å². The minimum atomic E-state index is -0.570. The maximum absolute atomic E-state index is 9.06. The molecule has 10 rings (SSSR count). The van der Waals surface area contributed by atoms with Crippen molar-refractivity contribution >= 4 is 32.8 Å². The maximum atomic E-state index is 9.06. The van der Waals surface area contributed by atoms with E-state index < -0.39 is 60.4 Å². The Hall–Kier alpha value is -6.55. The Morgan fingerprint density at radius 1 is 0.703 bits per heavy atom. The van der Waals surface area contributed by atoms with Gasteiger partial charge in [-0.05, 0) is 92.4 Å². The Labute approximate surface area is 405 Å². The van der Waals surface area contributed by atoms with Crippen LogP contribution in [0.5, 0.6) is 11.5 Å². The number of para-hydroxylation sites is 2. The molecule has 1 atom stereocenters. The van der Waals surface area contributed by atoms with E-state index in [2.05, 4.69) is 101 Å². The normalized spacial score (nSPS) is 14.4. The first-order valence-corrected chi connectivity index (χ1v) is 21.1. The first-order chi connectivity index (χ1) is 34.7. The van der Waals surface area contributed by atoms with Crippen molar-refractivity contribution in [1.29, 1.82) is 0 Å². The predicted molar refractivity (Wildman–Crippen MR) is 258 cm³/mol. The molecule has 0 aliphatic carbocycles. The summed E-state index contributed by atoms with van der Waals surface area (Å²) in [5.74, 6) is 2.32. The van der Waals surface area contributed by atoms with Gasteiger partial charge in [-0.1, -0.05) is 156 Å². The molecular weight excluding hydrogens is 964 g/mol. The molecule has 0 bridgehead atoms. The number of ether oxygens (including phenoxy) is 1. The first kappa shape index (κ1) is 32.2. The molecule has 0 fully saturated rings. The number of rotatable bonds is 9. The summed E-state index contributed by atoms with van der Waals surface area (Å²) >= 11 is 0. The van der Waals surface area contributed by atoms with Crippen LogP contribution in [0.15, 0.2) is 164 Å². The van der Waals surface area contributed by atoms with Crippen LogP contribution in [0.3, 0.4) is 0 Å². The summed E-state index contributed by atoms with van der Waals surface area (Å²) in [6.07, 6.45) is 5.32. The molecule has 3 aromatic heterocycles. The van der Waals surface area contributed by atoms with Gasteiger partial charge in [0, 0.05) is 44.3 Å². The number of aromatic nitrogens is 4. The van der Waals surface area contributed by atoms with E-state index in [9.17, 15) is 0 Å². The molecule has 0 saturated heterocycles. The summed E-state index contributed by atoms with van der Waals surface area (Å²) in [4.78, 5) is 4.90. The van der Waals surface area contributed by atoms with Crippen molar-refractivity contribution in [3.05, 3.63) is 199 Å². The van der Waals surface area contributed by atoms with Crippen molar-refractivity contribution in [2.45, 2.75) is 59.8 Å². The fraction of sp³-hybridized carbons (Fsp3) is 0.172. The van der Waals surface area contributed by atoms with E-state index in [0.717, 1.165) is 33.2 Å². The molecule has 0 N–H and O–H groups in total. The monoisotopic (exact) mass is 1020 g/mol. The third-order valence-corrected chi connectivity index (χ3v) is 11.9. The summed E-state index contributed by atoms with van der Waals surface area (Å²) in [6, 6.07) is 32.4. The summed E-state index contributed by atoms with van der Waals surface area (Å²) in [5.41, 5.74) is 6.78. The molecule has 0 radical (unpaired) electrons. The van der Waals surface area contributed by atoms with Crippen LogP contribution in [0.25, 0.3) is 72.3 Å². The molecule has 0 amide bonds. The molecule has 6 heteroatoms. The molecule has 1 unspecified atom stereocenters. The summed E-state index contributed by atoms with van der Waals surface area (Å²) in [7, 11) is 0. The third-order valence-electron chi connectivity index (χ3n) is 11.9. The predicted octanol–water partition coefficient (Wildman–Crippen LogP) is 14.3. The van der Waals surface area contributed by atoms with Crippen LogP contribution in [0, 0.1) is 31.3 Å². The first-order valence-electron chi connectivity index (χ1n) is 26.1. The van der Waals surface area contributed by atoms with E-state index in [1.807, 2.05) is 49.5 Å². The average molecular weight is 1020 g/mol. The van der Waals surface area contributed by atoms with Crippen LogP contribution >= 0.6 is 0 Å². The Morgan fingerprint density at radius 2 is 1.38 bits per heavy atom. The summed E-state index contributed by atoms with van der Waals surface area (Å²) in [5, 5.41) is 2.07. The van der Waals surface area contributed by atoms with E-state index in [-0.39, 0.29) is 54.4 Å². The van der Waals surface area contributed by atoms with Crippen molar-refractivity contribution in [2.24, 2.45) is 5.92 Å². The molecule has 320 valence electrons. The number of nitrogens with zero attached hydrogens (tertiary/aromatic N) is 4. The Bertz CT molecular complexity index is 3770. The topological polar surface area (TPSA) is 35.9 Å². The molecule has 0 spiro atoms. The third kappa shape index (κ3) is 7.77. The Balaban J connectivity index is 0.00000672. The smallest absolute Gasteiger partial charge is 0.268 e. The van der Waals surface area contributed by atoms with Gasteiger partial charge >= 0.3 is 0 Å². The molecule has 64 heavy (non-hydrogen) atoms. The van der Waals surface area contributed by atoms with Gasteiger partial charge in [-0.3, -0.25) is 4.57 Å². The Morgan fingerprint density at radius 3 is 2.06 bits per heavy atom. The minimum absolute atomic E-state index is 0. The second-order valence-electron chi connectivity index (χ2n) is 17.3. The van der Waals surface area contributed by atoms with E-state index in [1.165, 1.54) is 11.1 Å². The standard InChI is InChI=1S/C58H50N4O.Pt/c1-38(2)40(4)43-31-32-59-55(33-43)62-52-30-27-44(58(5,6)7)34-51(52)50-29-28-47(36-54(50)62)63-46-23-15-22-45(35-46)60-37-61(56-39(3)17-14-26-53(56)60)57-48(41-18-10-8-11-19-41)24-16-25-49(57)42-20-12-9-13-21-42;/h8-34,38,40H,1-7H3;/q-2;/i8D,9D,10D,11D,12D,13D,18D,19D,20D,21D;.